The van der Waals surface area contributed by atoms with Gasteiger partial charge < -0.3 is 14.4 Å². The van der Waals surface area contributed by atoms with Crippen LogP contribution in [0.1, 0.15) is 36.8 Å². The quantitative estimate of drug-likeness (QED) is 0.749. The van der Waals surface area contributed by atoms with Gasteiger partial charge in [0.1, 0.15) is 5.58 Å². The van der Waals surface area contributed by atoms with Gasteiger partial charge in [0.25, 0.3) is 0 Å². The van der Waals surface area contributed by atoms with Crippen LogP contribution in [0.3, 0.4) is 0 Å². The molecule has 2 aromatic rings. The van der Waals surface area contributed by atoms with Crippen molar-refractivity contribution in [3.8, 4) is 0 Å². The Hall–Kier alpha value is -1.67. The number of likely N-dealkylation sites (N-methyl/N-ethyl adjacent to an activating group) is 1. The SMILES string of the molecule is CCN(CC)CC(O)c1cccc2c(C)c(C(F)(F)C(F)(F)F)oc12. The van der Waals surface area contributed by atoms with Gasteiger partial charge in [-0.1, -0.05) is 32.0 Å². The van der Waals surface area contributed by atoms with E-state index in [-0.39, 0.29) is 28.6 Å². The number of aliphatic hydroxyl groups is 1. The van der Waals surface area contributed by atoms with E-state index in [1.54, 1.807) is 0 Å². The lowest BCUT2D eigenvalue weighted by atomic mass is 10.0. The molecule has 0 fully saturated rings. The summed E-state index contributed by atoms with van der Waals surface area (Å²) < 4.78 is 70.4. The van der Waals surface area contributed by atoms with Crippen LogP contribution in [0.4, 0.5) is 22.0 Å². The van der Waals surface area contributed by atoms with Crippen molar-refractivity contribution in [2.75, 3.05) is 19.6 Å². The smallest absolute Gasteiger partial charge is 0.454 e. The molecule has 0 amide bonds. The summed E-state index contributed by atoms with van der Waals surface area (Å²) in [5.41, 5.74) is -0.232. The maximum absolute atomic E-state index is 13.7. The highest BCUT2D eigenvalue weighted by Gasteiger charge is 2.62. The van der Waals surface area contributed by atoms with E-state index in [1.807, 2.05) is 18.7 Å². The second kappa shape index (κ2) is 6.92. The fraction of sp³-hybridized carbons (Fsp3) is 0.529. The molecule has 140 valence electrons. The number of aliphatic hydroxyl groups excluding tert-OH is 1. The second-order valence-corrected chi connectivity index (χ2v) is 5.85. The summed E-state index contributed by atoms with van der Waals surface area (Å²) in [6, 6.07) is 4.37. The normalized spacial score (nSPS) is 14.5. The number of nitrogens with zero attached hydrogens (tertiary/aromatic N) is 1. The van der Waals surface area contributed by atoms with Gasteiger partial charge in [0.2, 0.25) is 0 Å². The third-order valence-corrected chi connectivity index (χ3v) is 4.32. The average molecular weight is 365 g/mol. The molecule has 0 aliphatic rings. The second-order valence-electron chi connectivity index (χ2n) is 5.85. The van der Waals surface area contributed by atoms with Gasteiger partial charge in [-0.05, 0) is 20.0 Å². The van der Waals surface area contributed by atoms with Crippen molar-refractivity contribution in [2.45, 2.75) is 39.0 Å². The molecule has 1 atom stereocenters. The minimum absolute atomic E-state index is 0.134. The molecule has 0 saturated heterocycles. The molecule has 8 heteroatoms. The Labute approximate surface area is 142 Å². The van der Waals surface area contributed by atoms with Crippen LogP contribution in [-0.4, -0.2) is 35.8 Å². The summed E-state index contributed by atoms with van der Waals surface area (Å²) in [4.78, 5) is 1.91. The first-order chi connectivity index (χ1) is 11.5. The lowest BCUT2D eigenvalue weighted by Gasteiger charge is -2.22. The zero-order chi connectivity index (χ0) is 19.0. The molecule has 1 aromatic carbocycles. The Balaban J connectivity index is 2.54. The number of hydrogen-bond donors (Lipinski definition) is 1. The van der Waals surface area contributed by atoms with Crippen LogP contribution in [0.15, 0.2) is 22.6 Å². The van der Waals surface area contributed by atoms with Gasteiger partial charge in [-0.25, -0.2) is 0 Å². The lowest BCUT2D eigenvalue weighted by molar-refractivity contribution is -0.295. The number of aryl methyl sites for hydroxylation is 1. The first-order valence-electron chi connectivity index (χ1n) is 7.92. The Bertz CT molecular complexity index is 734. The van der Waals surface area contributed by atoms with Crippen molar-refractivity contribution in [3.63, 3.8) is 0 Å². The maximum atomic E-state index is 13.7. The topological polar surface area (TPSA) is 36.6 Å². The van der Waals surface area contributed by atoms with E-state index in [1.165, 1.54) is 18.2 Å². The molecule has 0 radical (unpaired) electrons. The molecule has 1 unspecified atom stereocenters. The number of hydrogen-bond acceptors (Lipinski definition) is 3. The highest BCUT2D eigenvalue weighted by atomic mass is 19.4. The van der Waals surface area contributed by atoms with Crippen LogP contribution in [0.25, 0.3) is 11.0 Å². The van der Waals surface area contributed by atoms with E-state index in [0.717, 1.165) is 6.92 Å². The fourth-order valence-corrected chi connectivity index (χ4v) is 2.78. The molecule has 3 nitrogen and oxygen atoms in total. The molecule has 0 spiro atoms. The van der Waals surface area contributed by atoms with E-state index >= 15 is 0 Å². The van der Waals surface area contributed by atoms with E-state index < -0.39 is 24.0 Å². The highest BCUT2D eigenvalue weighted by Crippen LogP contribution is 2.47. The number of fused-ring (bicyclic) bond motifs is 1. The van der Waals surface area contributed by atoms with Gasteiger partial charge in [0.05, 0.1) is 6.10 Å². The van der Waals surface area contributed by atoms with E-state index in [4.69, 9.17) is 4.42 Å². The van der Waals surface area contributed by atoms with Crippen LogP contribution in [-0.2, 0) is 5.92 Å². The summed E-state index contributed by atoms with van der Waals surface area (Å²) in [5, 5.41) is 10.5. The monoisotopic (exact) mass is 365 g/mol. The predicted molar refractivity (Wildman–Crippen MR) is 83.6 cm³/mol. The molecule has 0 aliphatic carbocycles. The first kappa shape index (κ1) is 19.7. The number of halogens is 5. The molecule has 2 rings (SSSR count). The Morgan fingerprint density at radius 1 is 1.12 bits per heavy atom. The number of rotatable bonds is 6. The van der Waals surface area contributed by atoms with Crippen LogP contribution >= 0.6 is 0 Å². The van der Waals surface area contributed by atoms with Gasteiger partial charge in [-0.2, -0.15) is 22.0 Å². The minimum Gasteiger partial charge on any atom is -0.454 e. The Morgan fingerprint density at radius 2 is 1.72 bits per heavy atom. The molecule has 0 saturated carbocycles. The minimum atomic E-state index is -5.76. The van der Waals surface area contributed by atoms with Gasteiger partial charge in [0, 0.05) is 23.1 Å². The molecule has 0 aliphatic heterocycles. The summed E-state index contributed by atoms with van der Waals surface area (Å²) >= 11 is 0. The summed E-state index contributed by atoms with van der Waals surface area (Å²) in [6.45, 7) is 6.50. The van der Waals surface area contributed by atoms with Gasteiger partial charge in [-0.15, -0.1) is 0 Å². The van der Waals surface area contributed by atoms with E-state index in [0.29, 0.717) is 13.1 Å². The van der Waals surface area contributed by atoms with Crippen LogP contribution < -0.4 is 0 Å². The van der Waals surface area contributed by atoms with Crippen LogP contribution in [0, 0.1) is 6.92 Å². The molecule has 1 heterocycles. The largest absolute Gasteiger partial charge is 0.461 e. The third kappa shape index (κ3) is 3.50. The molecule has 25 heavy (non-hydrogen) atoms. The van der Waals surface area contributed by atoms with Crippen LogP contribution in [0.5, 0.6) is 0 Å². The molecular weight excluding hydrogens is 345 g/mol. The van der Waals surface area contributed by atoms with Crippen molar-refractivity contribution in [1.82, 2.24) is 4.90 Å². The number of furan rings is 1. The first-order valence-corrected chi connectivity index (χ1v) is 7.92. The summed E-state index contributed by atoms with van der Waals surface area (Å²) in [5.74, 6) is -6.53. The number of benzene rings is 1. The van der Waals surface area contributed by atoms with E-state index in [2.05, 4.69) is 0 Å². The number of alkyl halides is 5. The lowest BCUT2D eigenvalue weighted by Crippen LogP contribution is -2.33. The maximum Gasteiger partial charge on any atom is 0.461 e. The summed E-state index contributed by atoms with van der Waals surface area (Å²) in [7, 11) is 0. The fourth-order valence-electron chi connectivity index (χ4n) is 2.78. The Morgan fingerprint density at radius 3 is 2.24 bits per heavy atom. The standard InChI is InChI=1S/C17H20F5NO2/c1-4-23(5-2)9-13(24)12-8-6-7-11-10(3)15(25-14(11)12)16(18,19)17(20,21)22/h6-8,13,24H,4-5,9H2,1-3H3. The van der Waals surface area contributed by atoms with Crippen LogP contribution in [0.2, 0.25) is 0 Å². The molecule has 1 aromatic heterocycles. The third-order valence-electron chi connectivity index (χ3n) is 4.32. The molecule has 0 bridgehead atoms. The number of para-hydroxylation sites is 1. The predicted octanol–water partition coefficient (Wildman–Crippen LogP) is 4.77. The zero-order valence-corrected chi connectivity index (χ0v) is 14.1. The molecule has 1 N–H and O–H groups in total. The van der Waals surface area contributed by atoms with Crippen molar-refractivity contribution >= 4 is 11.0 Å². The van der Waals surface area contributed by atoms with Gasteiger partial charge >= 0.3 is 12.1 Å². The summed E-state index contributed by atoms with van der Waals surface area (Å²) in [6.07, 6.45) is -6.83. The van der Waals surface area contributed by atoms with Crippen molar-refractivity contribution in [1.29, 1.82) is 0 Å². The zero-order valence-electron chi connectivity index (χ0n) is 14.1. The van der Waals surface area contributed by atoms with Crippen molar-refractivity contribution in [3.05, 3.63) is 35.1 Å². The highest BCUT2D eigenvalue weighted by molar-refractivity contribution is 5.85. The average Bonchev–Trinajstić information content (AvgIpc) is 2.89. The molecular formula is C17H20F5NO2. The van der Waals surface area contributed by atoms with Gasteiger partial charge in [-0.3, -0.25) is 0 Å². The Kier molecular flexibility index (Phi) is 5.44. The van der Waals surface area contributed by atoms with Gasteiger partial charge in [0.15, 0.2) is 5.76 Å². The van der Waals surface area contributed by atoms with Crippen molar-refractivity contribution in [2.24, 2.45) is 0 Å². The van der Waals surface area contributed by atoms with Crippen molar-refractivity contribution < 1.29 is 31.5 Å². The van der Waals surface area contributed by atoms with E-state index in [9.17, 15) is 27.1 Å².